The Kier molecular flexibility index (Phi) is 2.78. The summed E-state index contributed by atoms with van der Waals surface area (Å²) in [7, 11) is 0. The lowest BCUT2D eigenvalue weighted by atomic mass is 9.83. The highest BCUT2D eigenvalue weighted by Gasteiger charge is 2.46. The average molecular weight is 209 g/mol. The summed E-state index contributed by atoms with van der Waals surface area (Å²) < 4.78 is 0. The lowest BCUT2D eigenvalue weighted by molar-refractivity contribution is -0.126. The standard InChI is InChI=1S/C13H23NO/c1-9(2)12(15)14-13(3)8-10-5-4-6-11(13)7-10/h9-11H,4-8H2,1-3H3,(H,14,15). The second-order valence-corrected chi connectivity index (χ2v) is 6.00. The zero-order chi connectivity index (χ0) is 11.1. The molecule has 2 heteroatoms. The molecule has 1 N–H and O–H groups in total. The van der Waals surface area contributed by atoms with Crippen LogP contribution >= 0.6 is 0 Å². The van der Waals surface area contributed by atoms with Gasteiger partial charge in [0.2, 0.25) is 5.91 Å². The van der Waals surface area contributed by atoms with Gasteiger partial charge in [-0.3, -0.25) is 4.79 Å². The molecule has 2 aliphatic carbocycles. The van der Waals surface area contributed by atoms with Crippen LogP contribution in [0.5, 0.6) is 0 Å². The molecule has 0 saturated heterocycles. The van der Waals surface area contributed by atoms with Gasteiger partial charge in [-0.15, -0.1) is 0 Å². The Morgan fingerprint density at radius 2 is 2.13 bits per heavy atom. The van der Waals surface area contributed by atoms with Gasteiger partial charge < -0.3 is 5.32 Å². The molecule has 0 radical (unpaired) electrons. The van der Waals surface area contributed by atoms with E-state index in [1.807, 2.05) is 13.8 Å². The Morgan fingerprint density at radius 3 is 2.73 bits per heavy atom. The molecule has 3 unspecified atom stereocenters. The summed E-state index contributed by atoms with van der Waals surface area (Å²) in [5.41, 5.74) is 0.0997. The molecule has 0 aromatic rings. The highest BCUT2D eigenvalue weighted by atomic mass is 16.2. The molecule has 0 aromatic carbocycles. The van der Waals surface area contributed by atoms with Crippen LogP contribution in [0.1, 0.15) is 52.9 Å². The fraction of sp³-hybridized carbons (Fsp3) is 0.923. The van der Waals surface area contributed by atoms with Crippen molar-refractivity contribution in [1.82, 2.24) is 5.32 Å². The summed E-state index contributed by atoms with van der Waals surface area (Å²) in [5.74, 6) is 1.95. The Labute approximate surface area is 92.8 Å². The van der Waals surface area contributed by atoms with Crippen LogP contribution in [0.15, 0.2) is 0 Å². The number of carbonyl (C=O) groups is 1. The van der Waals surface area contributed by atoms with Gasteiger partial charge in [0.25, 0.3) is 0 Å². The molecule has 2 nitrogen and oxygen atoms in total. The first kappa shape index (κ1) is 11.0. The van der Waals surface area contributed by atoms with Gasteiger partial charge in [-0.25, -0.2) is 0 Å². The van der Waals surface area contributed by atoms with E-state index in [1.54, 1.807) is 0 Å². The number of carbonyl (C=O) groups excluding carboxylic acids is 1. The molecule has 2 saturated carbocycles. The molecule has 2 bridgehead atoms. The third-order valence-corrected chi connectivity index (χ3v) is 4.33. The maximum atomic E-state index is 11.8. The fourth-order valence-corrected chi connectivity index (χ4v) is 3.40. The molecule has 2 aliphatic rings. The average Bonchev–Trinajstić information content (AvgIpc) is 2.37. The highest BCUT2D eigenvalue weighted by Crippen LogP contribution is 2.48. The third kappa shape index (κ3) is 2.04. The van der Waals surface area contributed by atoms with E-state index in [4.69, 9.17) is 0 Å². The number of hydrogen-bond acceptors (Lipinski definition) is 1. The lowest BCUT2D eigenvalue weighted by Crippen LogP contribution is -2.49. The molecule has 86 valence electrons. The van der Waals surface area contributed by atoms with Crippen LogP contribution < -0.4 is 5.32 Å². The Morgan fingerprint density at radius 1 is 1.40 bits per heavy atom. The summed E-state index contributed by atoms with van der Waals surface area (Å²) in [5, 5.41) is 3.29. The van der Waals surface area contributed by atoms with Crippen LogP contribution in [-0.4, -0.2) is 11.4 Å². The maximum Gasteiger partial charge on any atom is 0.222 e. The molecule has 1 amide bonds. The normalized spacial score (nSPS) is 39.5. The number of amides is 1. The summed E-state index contributed by atoms with van der Waals surface area (Å²) in [6.45, 7) is 6.20. The van der Waals surface area contributed by atoms with Crippen molar-refractivity contribution in [2.24, 2.45) is 17.8 Å². The van der Waals surface area contributed by atoms with E-state index in [2.05, 4.69) is 12.2 Å². The van der Waals surface area contributed by atoms with Gasteiger partial charge in [0.15, 0.2) is 0 Å². The van der Waals surface area contributed by atoms with E-state index in [0.29, 0.717) is 0 Å². The predicted molar refractivity (Wildman–Crippen MR) is 61.5 cm³/mol. The third-order valence-electron chi connectivity index (χ3n) is 4.33. The van der Waals surface area contributed by atoms with Crippen molar-refractivity contribution in [3.8, 4) is 0 Å². The zero-order valence-electron chi connectivity index (χ0n) is 10.2. The fourth-order valence-electron chi connectivity index (χ4n) is 3.40. The minimum absolute atomic E-state index is 0.0997. The van der Waals surface area contributed by atoms with Crippen molar-refractivity contribution in [2.45, 2.75) is 58.4 Å². The van der Waals surface area contributed by atoms with E-state index >= 15 is 0 Å². The number of hydrogen-bond donors (Lipinski definition) is 1. The van der Waals surface area contributed by atoms with Crippen molar-refractivity contribution < 1.29 is 4.79 Å². The van der Waals surface area contributed by atoms with E-state index in [-0.39, 0.29) is 17.4 Å². The molecule has 15 heavy (non-hydrogen) atoms. The van der Waals surface area contributed by atoms with E-state index < -0.39 is 0 Å². The Bertz CT molecular complexity index is 261. The topological polar surface area (TPSA) is 29.1 Å². The van der Waals surface area contributed by atoms with Crippen molar-refractivity contribution in [3.05, 3.63) is 0 Å². The minimum atomic E-state index is 0.0997. The van der Waals surface area contributed by atoms with Crippen molar-refractivity contribution in [2.75, 3.05) is 0 Å². The van der Waals surface area contributed by atoms with Gasteiger partial charge in [-0.2, -0.15) is 0 Å². The van der Waals surface area contributed by atoms with Crippen molar-refractivity contribution in [3.63, 3.8) is 0 Å². The predicted octanol–water partition coefficient (Wildman–Crippen LogP) is 2.73. The number of fused-ring (bicyclic) bond motifs is 2. The molecular formula is C13H23NO. The number of nitrogens with one attached hydrogen (secondary N) is 1. The Balaban J connectivity index is 2.04. The monoisotopic (exact) mass is 209 g/mol. The summed E-state index contributed by atoms with van der Waals surface area (Å²) >= 11 is 0. The number of rotatable bonds is 2. The van der Waals surface area contributed by atoms with Gasteiger partial charge in [0, 0.05) is 11.5 Å². The zero-order valence-corrected chi connectivity index (χ0v) is 10.2. The lowest BCUT2D eigenvalue weighted by Gasteiger charge is -2.33. The van der Waals surface area contributed by atoms with Gasteiger partial charge in [-0.1, -0.05) is 26.7 Å². The molecule has 3 atom stereocenters. The van der Waals surface area contributed by atoms with Crippen molar-refractivity contribution >= 4 is 5.91 Å². The van der Waals surface area contributed by atoms with Gasteiger partial charge in [0.1, 0.15) is 0 Å². The SMILES string of the molecule is CC(C)C(=O)NC1(C)CC2CCCC1C2. The van der Waals surface area contributed by atoms with E-state index in [9.17, 15) is 4.79 Å². The van der Waals surface area contributed by atoms with E-state index in [1.165, 1.54) is 32.1 Å². The van der Waals surface area contributed by atoms with E-state index in [0.717, 1.165) is 11.8 Å². The summed E-state index contributed by atoms with van der Waals surface area (Å²) in [6, 6.07) is 0. The Hall–Kier alpha value is -0.530. The molecule has 0 aliphatic heterocycles. The van der Waals surface area contributed by atoms with Gasteiger partial charge >= 0.3 is 0 Å². The van der Waals surface area contributed by atoms with Crippen LogP contribution in [0.2, 0.25) is 0 Å². The first-order chi connectivity index (χ1) is 7.01. The van der Waals surface area contributed by atoms with Crippen LogP contribution in [0.3, 0.4) is 0 Å². The molecule has 2 rings (SSSR count). The molecule has 0 aromatic heterocycles. The van der Waals surface area contributed by atoms with Crippen molar-refractivity contribution in [1.29, 1.82) is 0 Å². The smallest absolute Gasteiger partial charge is 0.222 e. The molecular weight excluding hydrogens is 186 g/mol. The minimum Gasteiger partial charge on any atom is -0.350 e. The molecule has 0 spiro atoms. The first-order valence-electron chi connectivity index (χ1n) is 6.33. The van der Waals surface area contributed by atoms with Crippen LogP contribution in [-0.2, 0) is 4.79 Å². The molecule has 2 fully saturated rings. The summed E-state index contributed by atoms with van der Waals surface area (Å²) in [6.07, 6.45) is 6.60. The van der Waals surface area contributed by atoms with Crippen LogP contribution in [0.25, 0.3) is 0 Å². The second kappa shape index (κ2) is 3.80. The first-order valence-corrected chi connectivity index (χ1v) is 6.33. The maximum absolute atomic E-state index is 11.8. The van der Waals surface area contributed by atoms with Gasteiger partial charge in [0.05, 0.1) is 0 Å². The highest BCUT2D eigenvalue weighted by molar-refractivity contribution is 5.78. The largest absolute Gasteiger partial charge is 0.350 e. The summed E-state index contributed by atoms with van der Waals surface area (Å²) in [4.78, 5) is 11.8. The van der Waals surface area contributed by atoms with Crippen LogP contribution in [0.4, 0.5) is 0 Å². The van der Waals surface area contributed by atoms with Gasteiger partial charge in [-0.05, 0) is 38.0 Å². The molecule has 0 heterocycles. The second-order valence-electron chi connectivity index (χ2n) is 6.00. The quantitative estimate of drug-likeness (QED) is 0.744. The van der Waals surface area contributed by atoms with Crippen LogP contribution in [0, 0.1) is 17.8 Å².